The molecule has 0 saturated carbocycles. The van der Waals surface area contributed by atoms with E-state index >= 15 is 0 Å². The first-order valence-corrected chi connectivity index (χ1v) is 6.37. The topological polar surface area (TPSA) is 28.2 Å². The van der Waals surface area contributed by atoms with Gasteiger partial charge in [-0.05, 0) is 44.0 Å². The molecule has 0 radical (unpaired) electrons. The van der Waals surface area contributed by atoms with Crippen LogP contribution in [0.25, 0.3) is 0 Å². The Morgan fingerprint density at radius 2 is 2.47 bits per heavy atom. The zero-order valence-corrected chi connectivity index (χ0v) is 10.3. The highest BCUT2D eigenvalue weighted by Crippen LogP contribution is 2.23. The second-order valence-corrected chi connectivity index (χ2v) is 4.57. The summed E-state index contributed by atoms with van der Waals surface area (Å²) in [7, 11) is 0. The van der Waals surface area contributed by atoms with Gasteiger partial charge in [-0.2, -0.15) is 0 Å². The first kappa shape index (κ1) is 12.3. The summed E-state index contributed by atoms with van der Waals surface area (Å²) >= 11 is 0. The van der Waals surface area contributed by atoms with E-state index in [2.05, 4.69) is 22.1 Å². The van der Waals surface area contributed by atoms with Crippen molar-refractivity contribution in [1.82, 2.24) is 10.3 Å². The first-order valence-electron chi connectivity index (χ1n) is 6.37. The third-order valence-electron chi connectivity index (χ3n) is 3.24. The molecular formula is C13H20FN3. The van der Waals surface area contributed by atoms with Gasteiger partial charge in [-0.1, -0.05) is 6.92 Å². The molecule has 0 aromatic carbocycles. The first-order chi connectivity index (χ1) is 8.31. The number of hydrogen-bond acceptors (Lipinski definition) is 3. The third kappa shape index (κ3) is 3.16. The van der Waals surface area contributed by atoms with E-state index in [1.807, 2.05) is 0 Å². The number of aromatic nitrogens is 1. The molecule has 1 aromatic heterocycles. The summed E-state index contributed by atoms with van der Waals surface area (Å²) < 4.78 is 13.6. The Kier molecular flexibility index (Phi) is 4.31. The van der Waals surface area contributed by atoms with Crippen LogP contribution in [-0.4, -0.2) is 31.2 Å². The number of nitrogens with one attached hydrogen (secondary N) is 1. The van der Waals surface area contributed by atoms with Crippen molar-refractivity contribution in [1.29, 1.82) is 0 Å². The van der Waals surface area contributed by atoms with Crippen molar-refractivity contribution in [2.75, 3.05) is 31.1 Å². The summed E-state index contributed by atoms with van der Waals surface area (Å²) in [5.74, 6) is 0.899. The fourth-order valence-electron chi connectivity index (χ4n) is 2.38. The molecule has 1 aromatic rings. The van der Waals surface area contributed by atoms with Crippen molar-refractivity contribution >= 4 is 5.82 Å². The molecule has 1 N–H and O–H groups in total. The number of nitrogens with zero attached hydrogens (tertiary/aromatic N) is 2. The van der Waals surface area contributed by atoms with Gasteiger partial charge in [0.25, 0.3) is 0 Å². The molecular weight excluding hydrogens is 217 g/mol. The van der Waals surface area contributed by atoms with Crippen molar-refractivity contribution < 1.29 is 4.39 Å². The minimum Gasteiger partial charge on any atom is -0.354 e. The number of piperidine rings is 1. The van der Waals surface area contributed by atoms with Gasteiger partial charge in [0.2, 0.25) is 0 Å². The summed E-state index contributed by atoms with van der Waals surface area (Å²) in [6.45, 7) is 5.94. The molecule has 1 aliphatic rings. The largest absolute Gasteiger partial charge is 0.354 e. The Bertz CT molecular complexity index is 356. The Labute approximate surface area is 102 Å². The number of hydrogen-bond donors (Lipinski definition) is 1. The van der Waals surface area contributed by atoms with E-state index in [0.717, 1.165) is 32.6 Å². The SMILES string of the molecule is CCNCC1CCCN(c2ncccc2F)C1. The van der Waals surface area contributed by atoms with E-state index in [1.165, 1.54) is 12.5 Å². The summed E-state index contributed by atoms with van der Waals surface area (Å²) in [5.41, 5.74) is 0. The Morgan fingerprint density at radius 1 is 1.59 bits per heavy atom. The van der Waals surface area contributed by atoms with Gasteiger partial charge >= 0.3 is 0 Å². The third-order valence-corrected chi connectivity index (χ3v) is 3.24. The van der Waals surface area contributed by atoms with Crippen LogP contribution in [0.3, 0.4) is 0 Å². The molecule has 0 spiro atoms. The number of pyridine rings is 1. The van der Waals surface area contributed by atoms with Gasteiger partial charge in [0.15, 0.2) is 11.6 Å². The normalized spacial score (nSPS) is 20.6. The van der Waals surface area contributed by atoms with E-state index in [0.29, 0.717) is 11.7 Å². The lowest BCUT2D eigenvalue weighted by Gasteiger charge is -2.33. The molecule has 0 aliphatic carbocycles. The second kappa shape index (κ2) is 5.96. The molecule has 1 unspecified atom stereocenters. The Morgan fingerprint density at radius 3 is 3.24 bits per heavy atom. The maximum Gasteiger partial charge on any atom is 0.165 e. The highest BCUT2D eigenvalue weighted by molar-refractivity contribution is 5.40. The Hall–Kier alpha value is -1.16. The molecule has 4 heteroatoms. The summed E-state index contributed by atoms with van der Waals surface area (Å²) in [6.07, 6.45) is 4.00. The van der Waals surface area contributed by atoms with Crippen molar-refractivity contribution in [2.45, 2.75) is 19.8 Å². The summed E-state index contributed by atoms with van der Waals surface area (Å²) in [5, 5.41) is 3.36. The van der Waals surface area contributed by atoms with Gasteiger partial charge in [-0.15, -0.1) is 0 Å². The molecule has 2 heterocycles. The molecule has 1 fully saturated rings. The smallest absolute Gasteiger partial charge is 0.165 e. The van der Waals surface area contributed by atoms with Crippen molar-refractivity contribution in [2.24, 2.45) is 5.92 Å². The zero-order chi connectivity index (χ0) is 12.1. The molecule has 0 amide bonds. The van der Waals surface area contributed by atoms with Crippen LogP contribution in [0.2, 0.25) is 0 Å². The predicted octanol–water partition coefficient (Wildman–Crippen LogP) is 2.05. The van der Waals surface area contributed by atoms with Gasteiger partial charge in [0.05, 0.1) is 0 Å². The standard InChI is InChI=1S/C13H20FN3/c1-2-15-9-11-5-4-8-17(10-11)13-12(14)6-3-7-16-13/h3,6-7,11,15H,2,4-5,8-10H2,1H3. The van der Waals surface area contributed by atoms with Gasteiger partial charge in [0.1, 0.15) is 0 Å². The Balaban J connectivity index is 1.99. The maximum atomic E-state index is 13.6. The van der Waals surface area contributed by atoms with Crippen LogP contribution >= 0.6 is 0 Å². The van der Waals surface area contributed by atoms with E-state index in [4.69, 9.17) is 0 Å². The number of rotatable bonds is 4. The highest BCUT2D eigenvalue weighted by atomic mass is 19.1. The van der Waals surface area contributed by atoms with Crippen LogP contribution in [0, 0.1) is 11.7 Å². The fraction of sp³-hybridized carbons (Fsp3) is 0.615. The van der Waals surface area contributed by atoms with Crippen LogP contribution in [0.4, 0.5) is 10.2 Å². The highest BCUT2D eigenvalue weighted by Gasteiger charge is 2.22. The monoisotopic (exact) mass is 237 g/mol. The van der Waals surface area contributed by atoms with Crippen LogP contribution in [0.15, 0.2) is 18.3 Å². The predicted molar refractivity (Wildman–Crippen MR) is 67.7 cm³/mol. The lowest BCUT2D eigenvalue weighted by Crippen LogP contribution is -2.40. The lowest BCUT2D eigenvalue weighted by molar-refractivity contribution is 0.391. The fourth-order valence-corrected chi connectivity index (χ4v) is 2.38. The summed E-state index contributed by atoms with van der Waals surface area (Å²) in [6, 6.07) is 3.12. The van der Waals surface area contributed by atoms with E-state index in [1.54, 1.807) is 12.3 Å². The van der Waals surface area contributed by atoms with Crippen LogP contribution in [0.5, 0.6) is 0 Å². The molecule has 3 nitrogen and oxygen atoms in total. The molecule has 1 aliphatic heterocycles. The molecule has 2 rings (SSSR count). The van der Waals surface area contributed by atoms with E-state index in [9.17, 15) is 4.39 Å². The van der Waals surface area contributed by atoms with Crippen LogP contribution in [-0.2, 0) is 0 Å². The molecule has 17 heavy (non-hydrogen) atoms. The van der Waals surface area contributed by atoms with Crippen molar-refractivity contribution in [3.63, 3.8) is 0 Å². The average Bonchev–Trinajstić information content (AvgIpc) is 2.37. The second-order valence-electron chi connectivity index (χ2n) is 4.57. The lowest BCUT2D eigenvalue weighted by atomic mass is 9.98. The zero-order valence-electron chi connectivity index (χ0n) is 10.3. The average molecular weight is 237 g/mol. The van der Waals surface area contributed by atoms with Crippen molar-refractivity contribution in [3.8, 4) is 0 Å². The molecule has 94 valence electrons. The molecule has 1 atom stereocenters. The van der Waals surface area contributed by atoms with Gasteiger partial charge in [-0.25, -0.2) is 9.37 Å². The quantitative estimate of drug-likeness (QED) is 0.868. The number of anilines is 1. The van der Waals surface area contributed by atoms with Crippen LogP contribution in [0.1, 0.15) is 19.8 Å². The van der Waals surface area contributed by atoms with E-state index in [-0.39, 0.29) is 5.82 Å². The van der Waals surface area contributed by atoms with Gasteiger partial charge in [-0.3, -0.25) is 0 Å². The van der Waals surface area contributed by atoms with Gasteiger partial charge < -0.3 is 10.2 Å². The maximum absolute atomic E-state index is 13.6. The minimum absolute atomic E-state index is 0.211. The minimum atomic E-state index is -0.211. The summed E-state index contributed by atoms with van der Waals surface area (Å²) in [4.78, 5) is 6.22. The van der Waals surface area contributed by atoms with Crippen LogP contribution < -0.4 is 10.2 Å². The van der Waals surface area contributed by atoms with Crippen molar-refractivity contribution in [3.05, 3.63) is 24.1 Å². The van der Waals surface area contributed by atoms with E-state index < -0.39 is 0 Å². The van der Waals surface area contributed by atoms with Gasteiger partial charge in [0, 0.05) is 19.3 Å². The molecule has 1 saturated heterocycles. The molecule has 0 bridgehead atoms. The number of halogens is 1.